The number of halogens is 1. The number of fused-ring (bicyclic) bond motifs is 1. The van der Waals surface area contributed by atoms with Crippen molar-refractivity contribution >= 4 is 12.0 Å². The second-order valence-electron chi connectivity index (χ2n) is 9.90. The Morgan fingerprint density at radius 1 is 1.20 bits per heavy atom. The summed E-state index contributed by atoms with van der Waals surface area (Å²) >= 11 is 0. The van der Waals surface area contributed by atoms with Gasteiger partial charge in [0.1, 0.15) is 11.6 Å². The lowest BCUT2D eigenvalue weighted by Gasteiger charge is -2.50. The van der Waals surface area contributed by atoms with Gasteiger partial charge in [-0.2, -0.15) is 0 Å². The molecule has 1 N–H and O–H groups in total. The molecule has 2 aliphatic rings. The van der Waals surface area contributed by atoms with E-state index in [0.29, 0.717) is 25.0 Å². The molecular weight excluding hydrogens is 445 g/mol. The van der Waals surface area contributed by atoms with E-state index in [1.807, 2.05) is 53.8 Å². The molecule has 1 aromatic heterocycles. The minimum atomic E-state index is -0.878. The van der Waals surface area contributed by atoms with Crippen LogP contribution in [0.25, 0.3) is 11.8 Å². The van der Waals surface area contributed by atoms with Crippen LogP contribution in [0.3, 0.4) is 0 Å². The van der Waals surface area contributed by atoms with Gasteiger partial charge in [-0.15, -0.1) is 0 Å². The maximum atomic E-state index is 13.7. The van der Waals surface area contributed by atoms with E-state index in [9.17, 15) is 14.3 Å². The number of hydrogen-bond donors (Lipinski definition) is 1. The lowest BCUT2D eigenvalue weighted by Crippen LogP contribution is -2.55. The van der Waals surface area contributed by atoms with Gasteiger partial charge in [0.15, 0.2) is 0 Å². The van der Waals surface area contributed by atoms with Gasteiger partial charge < -0.3 is 19.3 Å². The van der Waals surface area contributed by atoms with Crippen LogP contribution in [0.4, 0.5) is 4.39 Å². The molecule has 7 heteroatoms. The number of benzene rings is 2. The molecule has 2 saturated heterocycles. The van der Waals surface area contributed by atoms with Crippen LogP contribution in [0, 0.1) is 12.7 Å². The van der Waals surface area contributed by atoms with Crippen molar-refractivity contribution in [2.24, 2.45) is 0 Å². The predicted octanol–water partition coefficient (Wildman–Crippen LogP) is 4.99. The maximum Gasteiger partial charge on any atom is 0.250 e. The van der Waals surface area contributed by atoms with E-state index in [-0.39, 0.29) is 23.8 Å². The number of carbonyl (C=O) groups excluding carboxylic acids is 1. The smallest absolute Gasteiger partial charge is 0.250 e. The van der Waals surface area contributed by atoms with Crippen LogP contribution in [0.15, 0.2) is 60.6 Å². The van der Waals surface area contributed by atoms with Crippen LogP contribution < -0.4 is 4.74 Å². The van der Waals surface area contributed by atoms with E-state index in [2.05, 4.69) is 4.98 Å². The highest BCUT2D eigenvalue weighted by Gasteiger charge is 2.46. The number of aryl methyl sites for hydroxylation is 1. The summed E-state index contributed by atoms with van der Waals surface area (Å²) < 4.78 is 21.1. The first-order chi connectivity index (χ1) is 16.7. The van der Waals surface area contributed by atoms with Crippen LogP contribution in [-0.2, 0) is 4.79 Å². The molecule has 3 aromatic rings. The van der Waals surface area contributed by atoms with Crippen LogP contribution >= 0.6 is 0 Å². The normalized spacial score (nSPS) is 25.6. The second kappa shape index (κ2) is 8.96. The Labute approximate surface area is 204 Å². The topological polar surface area (TPSA) is 67.6 Å². The molecular formula is C28H30FN3O3. The molecule has 1 amide bonds. The van der Waals surface area contributed by atoms with Crippen molar-refractivity contribution in [2.75, 3.05) is 7.11 Å². The zero-order valence-electron chi connectivity index (χ0n) is 20.2. The molecule has 35 heavy (non-hydrogen) atoms. The number of hydrogen-bond acceptors (Lipinski definition) is 4. The Bertz CT molecular complexity index is 1280. The summed E-state index contributed by atoms with van der Waals surface area (Å²) in [5.41, 5.74) is 3.36. The number of amides is 1. The summed E-state index contributed by atoms with van der Waals surface area (Å²) in [6.45, 7) is 3.76. The van der Waals surface area contributed by atoms with E-state index in [4.69, 9.17) is 4.74 Å². The molecule has 0 bridgehead atoms. The summed E-state index contributed by atoms with van der Waals surface area (Å²) in [7, 11) is 1.63. The Morgan fingerprint density at radius 2 is 1.97 bits per heavy atom. The minimum absolute atomic E-state index is 0.0284. The van der Waals surface area contributed by atoms with E-state index >= 15 is 0 Å². The van der Waals surface area contributed by atoms with Gasteiger partial charge in [-0.25, -0.2) is 9.37 Å². The fourth-order valence-corrected chi connectivity index (χ4v) is 5.45. The van der Waals surface area contributed by atoms with Crippen molar-refractivity contribution < 1.29 is 19.0 Å². The molecule has 0 unspecified atom stereocenters. The van der Waals surface area contributed by atoms with Crippen molar-refractivity contribution in [3.8, 4) is 11.4 Å². The van der Waals surface area contributed by atoms with Gasteiger partial charge in [0.05, 0.1) is 36.5 Å². The minimum Gasteiger partial charge on any atom is -0.495 e. The highest BCUT2D eigenvalue weighted by Crippen LogP contribution is 2.44. The number of ether oxygens (including phenoxy) is 1. The number of methoxy groups -OCH3 is 1. The predicted molar refractivity (Wildman–Crippen MR) is 132 cm³/mol. The number of carbonyl (C=O) groups is 1. The Kier molecular flexibility index (Phi) is 5.97. The number of nitrogens with zero attached hydrogens (tertiary/aromatic N) is 3. The molecule has 6 nitrogen and oxygen atoms in total. The summed E-state index contributed by atoms with van der Waals surface area (Å²) in [6, 6.07) is 11.7. The highest BCUT2D eigenvalue weighted by atomic mass is 19.1. The number of imidazole rings is 1. The van der Waals surface area contributed by atoms with Crippen molar-refractivity contribution in [1.82, 2.24) is 14.5 Å². The maximum absolute atomic E-state index is 13.7. The van der Waals surface area contributed by atoms with Gasteiger partial charge >= 0.3 is 0 Å². The molecule has 2 aliphatic heterocycles. The van der Waals surface area contributed by atoms with Gasteiger partial charge in [0, 0.05) is 24.2 Å². The van der Waals surface area contributed by atoms with Crippen LogP contribution in [0.5, 0.6) is 5.75 Å². The molecule has 3 heterocycles. The third-order valence-corrected chi connectivity index (χ3v) is 7.08. The number of rotatable bonds is 4. The molecule has 3 atom stereocenters. The Balaban J connectivity index is 1.47. The lowest BCUT2D eigenvalue weighted by molar-refractivity contribution is -0.144. The Morgan fingerprint density at radius 3 is 2.66 bits per heavy atom. The molecule has 2 fully saturated rings. The number of aliphatic hydroxyl groups is 1. The first kappa shape index (κ1) is 23.3. The zero-order valence-corrected chi connectivity index (χ0v) is 20.2. The van der Waals surface area contributed by atoms with Gasteiger partial charge in [-0.1, -0.05) is 18.2 Å². The number of aromatic nitrogens is 2. The van der Waals surface area contributed by atoms with Crippen molar-refractivity contribution in [2.45, 2.75) is 57.2 Å². The van der Waals surface area contributed by atoms with Gasteiger partial charge in [-0.05, 0) is 74.6 Å². The van der Waals surface area contributed by atoms with E-state index in [0.717, 1.165) is 34.5 Å². The summed E-state index contributed by atoms with van der Waals surface area (Å²) in [4.78, 5) is 19.9. The summed E-state index contributed by atoms with van der Waals surface area (Å²) in [5.74, 6) is 0.345. The van der Waals surface area contributed by atoms with Crippen LogP contribution in [0.2, 0.25) is 0 Å². The third-order valence-electron chi connectivity index (χ3n) is 7.08. The van der Waals surface area contributed by atoms with Crippen molar-refractivity contribution in [3.05, 3.63) is 83.2 Å². The molecule has 0 aliphatic carbocycles. The molecule has 5 rings (SSSR count). The molecule has 0 radical (unpaired) electrons. The fourth-order valence-electron chi connectivity index (χ4n) is 5.45. The van der Waals surface area contributed by atoms with Crippen molar-refractivity contribution in [3.63, 3.8) is 0 Å². The average Bonchev–Trinajstić information content (AvgIpc) is 3.26. The average molecular weight is 476 g/mol. The van der Waals surface area contributed by atoms with Crippen LogP contribution in [0.1, 0.15) is 55.5 Å². The zero-order chi connectivity index (χ0) is 24.7. The highest BCUT2D eigenvalue weighted by molar-refractivity contribution is 5.99. The van der Waals surface area contributed by atoms with Gasteiger partial charge in [-0.3, -0.25) is 4.79 Å². The Hall–Kier alpha value is -3.45. The summed E-state index contributed by atoms with van der Waals surface area (Å²) in [6.07, 6.45) is 7.97. The quantitative estimate of drug-likeness (QED) is 0.540. The third kappa shape index (κ3) is 4.60. The largest absolute Gasteiger partial charge is 0.495 e. The first-order valence-corrected chi connectivity index (χ1v) is 11.9. The van der Waals surface area contributed by atoms with E-state index in [1.54, 1.807) is 25.6 Å². The van der Waals surface area contributed by atoms with Gasteiger partial charge in [0.25, 0.3) is 5.91 Å². The molecule has 182 valence electrons. The summed E-state index contributed by atoms with van der Waals surface area (Å²) in [5, 5.41) is 10.9. The standard InChI is InChI=1S/C28H30FN3O3/c1-18-16-31(17-30-18)24-11-4-19(13-26(24)35-3)12-21-7-10-23-14-28(2,34)15-25(32(23)27(21)33)20-5-8-22(29)9-6-20/h4-6,8-9,11-13,16-17,23,25,34H,7,10,14-15H2,1-3H3/t23-,25+,28+/m1/s1. The van der Waals surface area contributed by atoms with Crippen LogP contribution in [-0.4, -0.2) is 44.2 Å². The SMILES string of the molecule is COc1cc(C=C2CC[C@@H]3C[C@](C)(O)C[C@@H](c4ccc(F)cc4)N3C2=O)ccc1-n1cnc(C)c1. The number of piperidine rings is 2. The van der Waals surface area contributed by atoms with E-state index < -0.39 is 5.60 Å². The van der Waals surface area contributed by atoms with E-state index in [1.165, 1.54) is 12.1 Å². The van der Waals surface area contributed by atoms with Gasteiger partial charge in [0.2, 0.25) is 0 Å². The molecule has 2 aromatic carbocycles. The monoisotopic (exact) mass is 475 g/mol. The second-order valence-corrected chi connectivity index (χ2v) is 9.90. The molecule has 0 saturated carbocycles. The first-order valence-electron chi connectivity index (χ1n) is 11.9. The molecule has 0 spiro atoms. The van der Waals surface area contributed by atoms with Crippen molar-refractivity contribution in [1.29, 1.82) is 0 Å². The lowest BCUT2D eigenvalue weighted by atomic mass is 9.77. The fraction of sp³-hybridized carbons (Fsp3) is 0.357.